The van der Waals surface area contributed by atoms with Crippen molar-refractivity contribution in [3.8, 4) is 0 Å². The normalized spacial score (nSPS) is 11.9. The molecule has 10 N–H and O–H groups in total. The van der Waals surface area contributed by atoms with E-state index in [1.807, 2.05) is 0 Å². The topological polar surface area (TPSA) is 158 Å². The first-order valence-electron chi connectivity index (χ1n) is 7.57. The fourth-order valence-corrected chi connectivity index (χ4v) is 1.73. The summed E-state index contributed by atoms with van der Waals surface area (Å²) in [4.78, 5) is 15.5. The van der Waals surface area contributed by atoms with E-state index in [4.69, 9.17) is 22.9 Å². The molecule has 0 aromatic rings. The Morgan fingerprint density at radius 2 is 1.76 bits per heavy atom. The number of amides is 1. The second kappa shape index (κ2) is 13.6. The second-order valence-electron chi connectivity index (χ2n) is 4.95. The molecule has 21 heavy (non-hydrogen) atoms. The van der Waals surface area contributed by atoms with Crippen LogP contribution in [0.2, 0.25) is 0 Å². The molecule has 0 saturated carbocycles. The van der Waals surface area contributed by atoms with Gasteiger partial charge >= 0.3 is 0 Å². The van der Waals surface area contributed by atoms with Gasteiger partial charge in [0, 0.05) is 13.1 Å². The zero-order valence-electron chi connectivity index (χ0n) is 12.8. The summed E-state index contributed by atoms with van der Waals surface area (Å²) >= 11 is 0. The van der Waals surface area contributed by atoms with Gasteiger partial charge < -0.3 is 33.6 Å². The average Bonchev–Trinajstić information content (AvgIpc) is 2.45. The molecule has 0 bridgehead atoms. The molecule has 0 aliphatic heterocycles. The van der Waals surface area contributed by atoms with Gasteiger partial charge in [-0.25, -0.2) is 0 Å². The highest BCUT2D eigenvalue weighted by Gasteiger charge is 2.11. The SMILES string of the molecule is NCCCCNCCCNC(=O)[C@H](N)CCCN=C(N)N. The summed E-state index contributed by atoms with van der Waals surface area (Å²) in [7, 11) is 0. The van der Waals surface area contributed by atoms with E-state index in [-0.39, 0.29) is 11.9 Å². The Balaban J connectivity index is 3.45. The summed E-state index contributed by atoms with van der Waals surface area (Å²) in [5.74, 6) is -0.0604. The number of nitrogens with one attached hydrogen (secondary N) is 2. The number of carbonyl (C=O) groups is 1. The molecule has 8 heteroatoms. The number of carbonyl (C=O) groups excluding carboxylic acids is 1. The molecule has 0 aliphatic carbocycles. The number of hydrogen-bond donors (Lipinski definition) is 6. The van der Waals surface area contributed by atoms with Crippen molar-refractivity contribution in [2.45, 2.75) is 38.1 Å². The lowest BCUT2D eigenvalue weighted by molar-refractivity contribution is -0.122. The zero-order valence-corrected chi connectivity index (χ0v) is 12.8. The third-order valence-corrected chi connectivity index (χ3v) is 2.94. The van der Waals surface area contributed by atoms with Gasteiger partial charge in [-0.2, -0.15) is 0 Å². The van der Waals surface area contributed by atoms with Crippen molar-refractivity contribution >= 4 is 11.9 Å². The second-order valence-corrected chi connectivity index (χ2v) is 4.95. The first-order valence-corrected chi connectivity index (χ1v) is 7.57. The van der Waals surface area contributed by atoms with Crippen molar-refractivity contribution in [3.05, 3.63) is 0 Å². The molecule has 0 spiro atoms. The summed E-state index contributed by atoms with van der Waals surface area (Å²) in [6, 6.07) is -0.503. The maximum atomic E-state index is 11.7. The highest BCUT2D eigenvalue weighted by Crippen LogP contribution is 1.95. The van der Waals surface area contributed by atoms with E-state index < -0.39 is 6.04 Å². The molecular weight excluding hydrogens is 270 g/mol. The van der Waals surface area contributed by atoms with Crippen LogP contribution in [0.15, 0.2) is 4.99 Å². The number of aliphatic imine (C=N–C) groups is 1. The Morgan fingerprint density at radius 1 is 1.05 bits per heavy atom. The van der Waals surface area contributed by atoms with Crippen LogP contribution in [0.4, 0.5) is 0 Å². The van der Waals surface area contributed by atoms with Crippen LogP contribution in [0, 0.1) is 0 Å². The van der Waals surface area contributed by atoms with Crippen LogP contribution < -0.4 is 33.6 Å². The number of unbranched alkanes of at least 4 members (excludes halogenated alkanes) is 1. The summed E-state index contributed by atoms with van der Waals surface area (Å²) < 4.78 is 0. The molecule has 0 radical (unpaired) electrons. The van der Waals surface area contributed by atoms with Crippen molar-refractivity contribution in [3.63, 3.8) is 0 Å². The number of nitrogens with two attached hydrogens (primary N) is 4. The van der Waals surface area contributed by atoms with Gasteiger partial charge in [0.2, 0.25) is 5.91 Å². The molecule has 1 atom stereocenters. The standard InChI is InChI=1S/C13H31N7O/c14-6-1-2-7-18-8-4-10-19-12(21)11(15)5-3-9-20-13(16)17/h11,18H,1-10,14-15H2,(H,19,21)(H4,16,17,20)/t11-/m1/s1. The van der Waals surface area contributed by atoms with E-state index in [2.05, 4.69) is 15.6 Å². The molecule has 0 unspecified atom stereocenters. The predicted octanol–water partition coefficient (Wildman–Crippen LogP) is -1.80. The molecule has 0 rings (SSSR count). The highest BCUT2D eigenvalue weighted by atomic mass is 16.2. The highest BCUT2D eigenvalue weighted by molar-refractivity contribution is 5.81. The lowest BCUT2D eigenvalue weighted by Crippen LogP contribution is -2.41. The van der Waals surface area contributed by atoms with Crippen LogP contribution in [0.3, 0.4) is 0 Å². The number of guanidine groups is 1. The molecule has 124 valence electrons. The molecule has 0 aromatic carbocycles. The van der Waals surface area contributed by atoms with E-state index >= 15 is 0 Å². The lowest BCUT2D eigenvalue weighted by Gasteiger charge is -2.11. The largest absolute Gasteiger partial charge is 0.370 e. The maximum Gasteiger partial charge on any atom is 0.236 e. The Morgan fingerprint density at radius 3 is 2.43 bits per heavy atom. The monoisotopic (exact) mass is 301 g/mol. The van der Waals surface area contributed by atoms with Crippen molar-refractivity contribution in [2.75, 3.05) is 32.7 Å². The molecule has 0 heterocycles. The number of nitrogens with zero attached hydrogens (tertiary/aromatic N) is 1. The fraction of sp³-hybridized carbons (Fsp3) is 0.846. The van der Waals surface area contributed by atoms with E-state index in [0.29, 0.717) is 25.9 Å². The van der Waals surface area contributed by atoms with Gasteiger partial charge in [0.15, 0.2) is 5.96 Å². The van der Waals surface area contributed by atoms with Gasteiger partial charge in [-0.1, -0.05) is 0 Å². The smallest absolute Gasteiger partial charge is 0.236 e. The van der Waals surface area contributed by atoms with Crippen LogP contribution in [-0.2, 0) is 4.79 Å². The quantitative estimate of drug-likeness (QED) is 0.134. The first kappa shape index (κ1) is 19.6. The van der Waals surface area contributed by atoms with Gasteiger partial charge in [-0.15, -0.1) is 0 Å². The third kappa shape index (κ3) is 13.4. The van der Waals surface area contributed by atoms with Gasteiger partial charge in [-0.05, 0) is 51.7 Å². The van der Waals surface area contributed by atoms with Crippen molar-refractivity contribution in [1.82, 2.24) is 10.6 Å². The molecule has 1 amide bonds. The number of hydrogen-bond acceptors (Lipinski definition) is 5. The minimum absolute atomic E-state index is 0.0620. The average molecular weight is 301 g/mol. The van der Waals surface area contributed by atoms with E-state index in [0.717, 1.165) is 38.9 Å². The molecule has 0 aromatic heterocycles. The zero-order chi connectivity index (χ0) is 15.9. The predicted molar refractivity (Wildman–Crippen MR) is 86.7 cm³/mol. The molecule has 0 saturated heterocycles. The van der Waals surface area contributed by atoms with Crippen LogP contribution in [-0.4, -0.2) is 50.6 Å². The van der Waals surface area contributed by atoms with Crippen LogP contribution in [0.25, 0.3) is 0 Å². The summed E-state index contributed by atoms with van der Waals surface area (Å²) in [5.41, 5.74) is 21.6. The van der Waals surface area contributed by atoms with Gasteiger partial charge in [-0.3, -0.25) is 9.79 Å². The Hall–Kier alpha value is -1.38. The van der Waals surface area contributed by atoms with Crippen LogP contribution in [0.1, 0.15) is 32.1 Å². The summed E-state index contributed by atoms with van der Waals surface area (Å²) in [6.07, 6.45) is 4.27. The van der Waals surface area contributed by atoms with Crippen LogP contribution >= 0.6 is 0 Å². The third-order valence-electron chi connectivity index (χ3n) is 2.94. The maximum absolute atomic E-state index is 11.7. The Kier molecular flexibility index (Phi) is 12.7. The van der Waals surface area contributed by atoms with Gasteiger partial charge in [0.05, 0.1) is 6.04 Å². The van der Waals surface area contributed by atoms with Crippen molar-refractivity contribution < 1.29 is 4.79 Å². The van der Waals surface area contributed by atoms with E-state index in [9.17, 15) is 4.79 Å². The minimum atomic E-state index is -0.503. The van der Waals surface area contributed by atoms with Gasteiger partial charge in [0.1, 0.15) is 0 Å². The Bertz CT molecular complexity index is 292. The van der Waals surface area contributed by atoms with E-state index in [1.54, 1.807) is 0 Å². The molecule has 0 aliphatic rings. The Labute approximate surface area is 127 Å². The summed E-state index contributed by atoms with van der Waals surface area (Å²) in [5, 5.41) is 6.12. The van der Waals surface area contributed by atoms with Crippen molar-refractivity contribution in [2.24, 2.45) is 27.9 Å². The summed E-state index contributed by atoms with van der Waals surface area (Å²) in [6.45, 7) is 3.71. The lowest BCUT2D eigenvalue weighted by atomic mass is 10.1. The van der Waals surface area contributed by atoms with Crippen molar-refractivity contribution in [1.29, 1.82) is 0 Å². The molecule has 8 nitrogen and oxygen atoms in total. The number of rotatable bonds is 13. The fourth-order valence-electron chi connectivity index (χ4n) is 1.73. The van der Waals surface area contributed by atoms with Gasteiger partial charge in [0.25, 0.3) is 0 Å². The molecule has 0 fully saturated rings. The minimum Gasteiger partial charge on any atom is -0.370 e. The van der Waals surface area contributed by atoms with Crippen LogP contribution in [0.5, 0.6) is 0 Å². The molecular formula is C13H31N7O. The first-order chi connectivity index (χ1) is 10.1. The van der Waals surface area contributed by atoms with E-state index in [1.165, 1.54) is 0 Å².